The SMILES string of the molecule is N#Cc1cnc2c(F)ccc(Cl)c2c1N1CCCN(C(=O)c2cccc(F)c2)CC1. The van der Waals surface area contributed by atoms with E-state index in [-0.39, 0.29) is 11.4 Å². The van der Waals surface area contributed by atoms with Crippen LogP contribution in [0, 0.1) is 23.0 Å². The molecule has 0 atom stereocenters. The van der Waals surface area contributed by atoms with E-state index in [2.05, 4.69) is 11.1 Å². The lowest BCUT2D eigenvalue weighted by molar-refractivity contribution is 0.0766. The molecular weight excluding hydrogens is 410 g/mol. The minimum Gasteiger partial charge on any atom is -0.368 e. The normalized spacial score (nSPS) is 14.5. The molecule has 1 aliphatic rings. The molecule has 30 heavy (non-hydrogen) atoms. The van der Waals surface area contributed by atoms with Crippen molar-refractivity contribution >= 4 is 34.1 Å². The minimum absolute atomic E-state index is 0.105. The number of carbonyl (C=O) groups excluding carboxylic acids is 1. The molecule has 0 saturated carbocycles. The van der Waals surface area contributed by atoms with Gasteiger partial charge in [0.1, 0.15) is 23.2 Å². The molecule has 2 heterocycles. The Morgan fingerprint density at radius 3 is 2.73 bits per heavy atom. The van der Waals surface area contributed by atoms with Crippen LogP contribution in [-0.4, -0.2) is 42.0 Å². The first-order chi connectivity index (χ1) is 14.5. The maximum atomic E-state index is 14.3. The van der Waals surface area contributed by atoms with Gasteiger partial charge in [-0.2, -0.15) is 5.26 Å². The van der Waals surface area contributed by atoms with Crippen LogP contribution < -0.4 is 4.90 Å². The molecule has 0 N–H and O–H groups in total. The van der Waals surface area contributed by atoms with E-state index in [0.29, 0.717) is 59.8 Å². The highest BCUT2D eigenvalue weighted by atomic mass is 35.5. The van der Waals surface area contributed by atoms with Gasteiger partial charge in [0.25, 0.3) is 5.91 Å². The van der Waals surface area contributed by atoms with Crippen LogP contribution in [0.4, 0.5) is 14.5 Å². The van der Waals surface area contributed by atoms with E-state index in [1.807, 2.05) is 4.90 Å². The molecule has 5 nitrogen and oxygen atoms in total. The number of hydrogen-bond acceptors (Lipinski definition) is 4. The van der Waals surface area contributed by atoms with E-state index in [9.17, 15) is 18.8 Å². The molecule has 1 saturated heterocycles. The summed E-state index contributed by atoms with van der Waals surface area (Å²) in [6.07, 6.45) is 1.97. The van der Waals surface area contributed by atoms with Crippen LogP contribution in [0.3, 0.4) is 0 Å². The van der Waals surface area contributed by atoms with Gasteiger partial charge in [-0.15, -0.1) is 0 Å². The molecule has 0 radical (unpaired) electrons. The molecule has 0 bridgehead atoms. The summed E-state index contributed by atoms with van der Waals surface area (Å²) < 4.78 is 27.8. The van der Waals surface area contributed by atoms with Crippen LogP contribution >= 0.6 is 11.6 Å². The van der Waals surface area contributed by atoms with Crippen LogP contribution in [-0.2, 0) is 0 Å². The topological polar surface area (TPSA) is 60.2 Å². The van der Waals surface area contributed by atoms with Crippen LogP contribution in [0.1, 0.15) is 22.3 Å². The van der Waals surface area contributed by atoms with Gasteiger partial charge in [0.05, 0.1) is 16.3 Å². The first-order valence-corrected chi connectivity index (χ1v) is 9.84. The zero-order chi connectivity index (χ0) is 21.3. The highest BCUT2D eigenvalue weighted by Gasteiger charge is 2.25. The van der Waals surface area contributed by atoms with Crippen molar-refractivity contribution in [2.24, 2.45) is 0 Å². The molecule has 8 heteroatoms. The minimum atomic E-state index is -0.516. The number of pyridine rings is 1. The van der Waals surface area contributed by atoms with Gasteiger partial charge in [-0.3, -0.25) is 9.78 Å². The first-order valence-electron chi connectivity index (χ1n) is 9.46. The van der Waals surface area contributed by atoms with Gasteiger partial charge >= 0.3 is 0 Å². The Morgan fingerprint density at radius 1 is 1.13 bits per heavy atom. The highest BCUT2D eigenvalue weighted by molar-refractivity contribution is 6.36. The average Bonchev–Trinajstić information content (AvgIpc) is 3.01. The Balaban J connectivity index is 1.67. The van der Waals surface area contributed by atoms with Crippen molar-refractivity contribution in [3.8, 4) is 6.07 Å². The highest BCUT2D eigenvalue weighted by Crippen LogP contribution is 2.36. The maximum Gasteiger partial charge on any atom is 0.254 e. The number of anilines is 1. The third-order valence-electron chi connectivity index (χ3n) is 5.18. The Kier molecular flexibility index (Phi) is 5.51. The molecule has 0 spiro atoms. The number of halogens is 3. The quantitative estimate of drug-likeness (QED) is 0.609. The maximum absolute atomic E-state index is 14.3. The number of nitrogens with zero attached hydrogens (tertiary/aromatic N) is 4. The molecule has 0 unspecified atom stereocenters. The second kappa shape index (κ2) is 8.25. The summed E-state index contributed by atoms with van der Waals surface area (Å²) in [4.78, 5) is 20.5. The molecule has 0 aliphatic carbocycles. The van der Waals surface area contributed by atoms with Crippen molar-refractivity contribution in [1.29, 1.82) is 5.26 Å². The van der Waals surface area contributed by atoms with E-state index in [0.717, 1.165) is 0 Å². The Bertz CT molecular complexity index is 1180. The molecule has 1 fully saturated rings. The van der Waals surface area contributed by atoms with Crippen LogP contribution in [0.25, 0.3) is 10.9 Å². The summed E-state index contributed by atoms with van der Waals surface area (Å²) in [7, 11) is 0. The van der Waals surface area contributed by atoms with Gasteiger partial charge in [0, 0.05) is 43.3 Å². The van der Waals surface area contributed by atoms with Crippen LogP contribution in [0.15, 0.2) is 42.6 Å². The van der Waals surface area contributed by atoms with E-state index < -0.39 is 11.6 Å². The zero-order valence-corrected chi connectivity index (χ0v) is 16.7. The number of aromatic nitrogens is 1. The lowest BCUT2D eigenvalue weighted by atomic mass is 10.1. The zero-order valence-electron chi connectivity index (χ0n) is 15.9. The summed E-state index contributed by atoms with van der Waals surface area (Å²) in [6.45, 7) is 1.82. The number of hydrogen-bond donors (Lipinski definition) is 0. The summed E-state index contributed by atoms with van der Waals surface area (Å²) >= 11 is 6.35. The lowest BCUT2D eigenvalue weighted by Gasteiger charge is -2.26. The number of carbonyl (C=O) groups is 1. The van der Waals surface area contributed by atoms with E-state index in [4.69, 9.17) is 11.6 Å². The first kappa shape index (κ1) is 20.0. The van der Waals surface area contributed by atoms with Crippen molar-refractivity contribution in [2.45, 2.75) is 6.42 Å². The molecule has 1 amide bonds. The number of amides is 1. The summed E-state index contributed by atoms with van der Waals surface area (Å²) in [5, 5.41) is 10.3. The van der Waals surface area contributed by atoms with Crippen LogP contribution in [0.5, 0.6) is 0 Å². The molecule has 1 aliphatic heterocycles. The third kappa shape index (κ3) is 3.66. The van der Waals surface area contributed by atoms with Crippen molar-refractivity contribution in [2.75, 3.05) is 31.1 Å². The summed E-state index contributed by atoms with van der Waals surface area (Å²) in [5.41, 5.74) is 1.21. The summed E-state index contributed by atoms with van der Waals surface area (Å²) in [5.74, 6) is -1.23. The predicted octanol–water partition coefficient (Wildman–Crippen LogP) is 4.39. The molecular formula is C22H17ClF2N4O. The third-order valence-corrected chi connectivity index (χ3v) is 5.50. The van der Waals surface area contributed by atoms with E-state index >= 15 is 0 Å². The molecule has 2 aromatic carbocycles. The largest absolute Gasteiger partial charge is 0.368 e. The van der Waals surface area contributed by atoms with Gasteiger partial charge in [0.15, 0.2) is 0 Å². The molecule has 1 aromatic heterocycles. The smallest absolute Gasteiger partial charge is 0.254 e. The lowest BCUT2D eigenvalue weighted by Crippen LogP contribution is -2.35. The van der Waals surface area contributed by atoms with Crippen molar-refractivity contribution in [3.05, 3.63) is 70.4 Å². The van der Waals surface area contributed by atoms with E-state index in [1.165, 1.54) is 36.5 Å². The molecule has 4 rings (SSSR count). The van der Waals surface area contributed by atoms with Gasteiger partial charge in [0.2, 0.25) is 0 Å². The second-order valence-corrected chi connectivity index (χ2v) is 7.44. The van der Waals surface area contributed by atoms with Crippen molar-refractivity contribution in [1.82, 2.24) is 9.88 Å². The van der Waals surface area contributed by atoms with Crippen molar-refractivity contribution < 1.29 is 13.6 Å². The number of benzene rings is 2. The van der Waals surface area contributed by atoms with Gasteiger partial charge in [-0.05, 0) is 36.8 Å². The van der Waals surface area contributed by atoms with Gasteiger partial charge < -0.3 is 9.80 Å². The fourth-order valence-electron chi connectivity index (χ4n) is 3.78. The Hall–Kier alpha value is -3.24. The standard InChI is InChI=1S/C22H17ClF2N4O/c23-17-5-6-18(25)20-19(17)21(15(12-26)13-27-20)28-7-2-8-29(10-9-28)22(30)14-3-1-4-16(24)11-14/h1,3-6,11,13H,2,7-10H2. The van der Waals surface area contributed by atoms with Gasteiger partial charge in [-0.1, -0.05) is 17.7 Å². The monoisotopic (exact) mass is 426 g/mol. The fraction of sp³-hybridized carbons (Fsp3) is 0.227. The Labute approximate surface area is 177 Å². The average molecular weight is 427 g/mol. The van der Waals surface area contributed by atoms with Gasteiger partial charge in [-0.25, -0.2) is 8.78 Å². The molecule has 152 valence electrons. The second-order valence-electron chi connectivity index (χ2n) is 7.03. The predicted molar refractivity (Wildman–Crippen MR) is 111 cm³/mol. The van der Waals surface area contributed by atoms with Crippen molar-refractivity contribution in [3.63, 3.8) is 0 Å². The van der Waals surface area contributed by atoms with E-state index in [1.54, 1.807) is 11.0 Å². The number of rotatable bonds is 2. The molecule has 3 aromatic rings. The summed E-state index contributed by atoms with van der Waals surface area (Å²) in [6, 6.07) is 10.4. The Morgan fingerprint density at radius 2 is 1.97 bits per heavy atom. The number of fused-ring (bicyclic) bond motifs is 1. The fourth-order valence-corrected chi connectivity index (χ4v) is 4.02. The van der Waals surface area contributed by atoms with Crippen LogP contribution in [0.2, 0.25) is 5.02 Å². The number of nitriles is 1.